The number of carbonyl (C=O) groups is 1. The average Bonchev–Trinajstić information content (AvgIpc) is 2.67. The smallest absolute Gasteiger partial charge is 0.254 e. The molecule has 0 aliphatic rings. The van der Waals surface area contributed by atoms with Gasteiger partial charge in [0, 0.05) is 25.5 Å². The van der Waals surface area contributed by atoms with Crippen LogP contribution in [0.4, 0.5) is 10.3 Å². The first-order chi connectivity index (χ1) is 12.6. The third kappa shape index (κ3) is 4.86. The molecule has 2 N–H and O–H groups in total. The highest BCUT2D eigenvalue weighted by Gasteiger charge is 2.07. The van der Waals surface area contributed by atoms with Crippen molar-refractivity contribution in [1.82, 2.24) is 15.3 Å². The van der Waals surface area contributed by atoms with Crippen LogP contribution in [0.3, 0.4) is 0 Å². The predicted molar refractivity (Wildman–Crippen MR) is 98.1 cm³/mol. The Labute approximate surface area is 151 Å². The highest BCUT2D eigenvalue weighted by Crippen LogP contribution is 2.07. The maximum atomic E-state index is 12.9. The number of aromatic nitrogens is 2. The first kappa shape index (κ1) is 17.5. The van der Waals surface area contributed by atoms with Gasteiger partial charge in [-0.2, -0.15) is 0 Å². The number of carbonyl (C=O) groups excluding carboxylic acids is 1. The summed E-state index contributed by atoms with van der Waals surface area (Å²) < 4.78 is 12.9. The Morgan fingerprint density at radius 1 is 0.923 bits per heavy atom. The minimum Gasteiger partial charge on any atom is -0.350 e. The van der Waals surface area contributed by atoms with Gasteiger partial charge in [-0.05, 0) is 30.2 Å². The number of aryl methyl sites for hydroxylation is 1. The van der Waals surface area contributed by atoms with Crippen molar-refractivity contribution in [3.63, 3.8) is 0 Å². The summed E-state index contributed by atoms with van der Waals surface area (Å²) in [7, 11) is 0. The van der Waals surface area contributed by atoms with Gasteiger partial charge in [-0.3, -0.25) is 4.79 Å². The van der Waals surface area contributed by atoms with Crippen LogP contribution >= 0.6 is 0 Å². The molecule has 0 atom stereocenters. The van der Waals surface area contributed by atoms with E-state index >= 15 is 0 Å². The highest BCUT2D eigenvalue weighted by molar-refractivity contribution is 5.93. The summed E-state index contributed by atoms with van der Waals surface area (Å²) in [5, 5.41) is 5.88. The first-order valence-electron chi connectivity index (χ1n) is 8.24. The summed E-state index contributed by atoms with van der Waals surface area (Å²) in [6.07, 6.45) is 2.95. The monoisotopic (exact) mass is 350 g/mol. The molecule has 1 amide bonds. The van der Waals surface area contributed by atoms with Crippen molar-refractivity contribution in [2.24, 2.45) is 0 Å². The second kappa shape index (κ2) is 8.20. The van der Waals surface area contributed by atoms with Crippen LogP contribution in [-0.2, 0) is 13.1 Å². The molecule has 6 heteroatoms. The number of anilines is 1. The maximum Gasteiger partial charge on any atom is 0.254 e. The van der Waals surface area contributed by atoms with E-state index in [2.05, 4.69) is 20.6 Å². The molecular weight excluding hydrogens is 331 g/mol. The Bertz CT molecular complexity index is 862. The average molecular weight is 350 g/mol. The Balaban J connectivity index is 1.52. The largest absolute Gasteiger partial charge is 0.350 e. The van der Waals surface area contributed by atoms with Crippen molar-refractivity contribution in [3.8, 4) is 0 Å². The molecule has 132 valence electrons. The van der Waals surface area contributed by atoms with Gasteiger partial charge in [-0.25, -0.2) is 14.4 Å². The Kier molecular flexibility index (Phi) is 5.53. The lowest BCUT2D eigenvalue weighted by molar-refractivity contribution is 0.0950. The summed E-state index contributed by atoms with van der Waals surface area (Å²) in [5.74, 6) is -0.0916. The van der Waals surface area contributed by atoms with E-state index in [0.717, 1.165) is 11.1 Å². The third-order valence-electron chi connectivity index (χ3n) is 3.85. The van der Waals surface area contributed by atoms with Crippen LogP contribution in [0.25, 0.3) is 0 Å². The number of halogens is 1. The Morgan fingerprint density at radius 2 is 1.50 bits per heavy atom. The molecule has 0 bridgehead atoms. The van der Waals surface area contributed by atoms with Crippen LogP contribution in [-0.4, -0.2) is 15.9 Å². The zero-order valence-corrected chi connectivity index (χ0v) is 14.4. The first-order valence-corrected chi connectivity index (χ1v) is 8.24. The third-order valence-corrected chi connectivity index (χ3v) is 3.85. The molecule has 0 fully saturated rings. The normalized spacial score (nSPS) is 10.4. The summed E-state index contributed by atoms with van der Waals surface area (Å²) in [4.78, 5) is 20.4. The van der Waals surface area contributed by atoms with Gasteiger partial charge in [0.05, 0.1) is 5.56 Å². The summed E-state index contributed by atoms with van der Waals surface area (Å²) in [5.41, 5.74) is 3.51. The predicted octanol–water partition coefficient (Wildman–Crippen LogP) is 3.47. The lowest BCUT2D eigenvalue weighted by Crippen LogP contribution is -2.23. The molecule has 26 heavy (non-hydrogen) atoms. The van der Waals surface area contributed by atoms with Gasteiger partial charge in [0.15, 0.2) is 0 Å². The fourth-order valence-electron chi connectivity index (χ4n) is 2.31. The van der Waals surface area contributed by atoms with E-state index in [1.165, 1.54) is 30.1 Å². The van der Waals surface area contributed by atoms with Crippen LogP contribution in [0, 0.1) is 12.7 Å². The van der Waals surface area contributed by atoms with Crippen LogP contribution in [0.1, 0.15) is 27.0 Å². The molecule has 0 radical (unpaired) electrons. The molecule has 0 spiro atoms. The zero-order chi connectivity index (χ0) is 18.4. The highest BCUT2D eigenvalue weighted by atomic mass is 19.1. The molecule has 1 aromatic heterocycles. The quantitative estimate of drug-likeness (QED) is 0.714. The lowest BCUT2D eigenvalue weighted by Gasteiger charge is -2.07. The fourth-order valence-corrected chi connectivity index (χ4v) is 2.31. The van der Waals surface area contributed by atoms with Crippen molar-refractivity contribution < 1.29 is 9.18 Å². The molecule has 0 aliphatic carbocycles. The maximum absolute atomic E-state index is 12.9. The number of rotatable bonds is 6. The van der Waals surface area contributed by atoms with Gasteiger partial charge in [-0.1, -0.05) is 42.0 Å². The van der Waals surface area contributed by atoms with Crippen molar-refractivity contribution in [3.05, 3.63) is 89.0 Å². The van der Waals surface area contributed by atoms with Crippen LogP contribution in [0.5, 0.6) is 0 Å². The van der Waals surface area contributed by atoms with E-state index < -0.39 is 0 Å². The van der Waals surface area contributed by atoms with Crippen molar-refractivity contribution in [2.45, 2.75) is 20.0 Å². The number of hydrogen-bond acceptors (Lipinski definition) is 4. The second-order valence-corrected chi connectivity index (χ2v) is 5.94. The Morgan fingerprint density at radius 3 is 2.15 bits per heavy atom. The fraction of sp³-hybridized carbons (Fsp3) is 0.150. The van der Waals surface area contributed by atoms with Gasteiger partial charge in [0.25, 0.3) is 5.91 Å². The topological polar surface area (TPSA) is 66.9 Å². The van der Waals surface area contributed by atoms with E-state index in [-0.39, 0.29) is 11.7 Å². The molecule has 3 aromatic rings. The van der Waals surface area contributed by atoms with Crippen molar-refractivity contribution in [2.75, 3.05) is 5.32 Å². The van der Waals surface area contributed by atoms with Crippen LogP contribution in [0.2, 0.25) is 0 Å². The molecule has 0 unspecified atom stereocenters. The van der Waals surface area contributed by atoms with E-state index in [9.17, 15) is 9.18 Å². The number of benzene rings is 2. The van der Waals surface area contributed by atoms with Gasteiger partial charge < -0.3 is 10.6 Å². The number of hydrogen-bond donors (Lipinski definition) is 2. The molecule has 0 aliphatic heterocycles. The van der Waals surface area contributed by atoms with Crippen molar-refractivity contribution in [1.29, 1.82) is 0 Å². The Hall–Kier alpha value is -3.28. The second-order valence-electron chi connectivity index (χ2n) is 5.94. The van der Waals surface area contributed by atoms with Gasteiger partial charge in [0.2, 0.25) is 5.95 Å². The van der Waals surface area contributed by atoms with Gasteiger partial charge in [0.1, 0.15) is 5.82 Å². The van der Waals surface area contributed by atoms with E-state index in [0.29, 0.717) is 24.6 Å². The van der Waals surface area contributed by atoms with Gasteiger partial charge in [-0.15, -0.1) is 0 Å². The SMILES string of the molecule is Cc1ccc(CNC(=O)c2cnc(NCc3ccc(F)cc3)nc2)cc1. The molecule has 1 heterocycles. The summed E-state index contributed by atoms with van der Waals surface area (Å²) in [6, 6.07) is 14.2. The lowest BCUT2D eigenvalue weighted by atomic mass is 10.1. The standard InChI is InChI=1S/C20H19FN4O/c1-14-2-4-15(5-3-14)10-22-19(26)17-12-24-20(25-13-17)23-11-16-6-8-18(21)9-7-16/h2-9,12-13H,10-11H2,1H3,(H,22,26)(H,23,24,25). The number of nitrogens with zero attached hydrogens (tertiary/aromatic N) is 2. The molecule has 0 saturated carbocycles. The number of nitrogens with one attached hydrogen (secondary N) is 2. The van der Waals surface area contributed by atoms with Gasteiger partial charge >= 0.3 is 0 Å². The zero-order valence-electron chi connectivity index (χ0n) is 14.4. The molecule has 3 rings (SSSR count). The van der Waals surface area contributed by atoms with E-state index in [4.69, 9.17) is 0 Å². The molecular formula is C20H19FN4O. The van der Waals surface area contributed by atoms with Crippen LogP contribution < -0.4 is 10.6 Å². The molecule has 2 aromatic carbocycles. The van der Waals surface area contributed by atoms with Crippen molar-refractivity contribution >= 4 is 11.9 Å². The van der Waals surface area contributed by atoms with E-state index in [1.807, 2.05) is 31.2 Å². The summed E-state index contributed by atoms with van der Waals surface area (Å²) in [6.45, 7) is 2.94. The summed E-state index contributed by atoms with van der Waals surface area (Å²) >= 11 is 0. The van der Waals surface area contributed by atoms with E-state index in [1.54, 1.807) is 12.1 Å². The molecule has 0 saturated heterocycles. The minimum atomic E-state index is -0.272. The molecule has 5 nitrogen and oxygen atoms in total. The van der Waals surface area contributed by atoms with Crippen LogP contribution in [0.15, 0.2) is 60.9 Å². The number of amides is 1. The minimum absolute atomic E-state index is 0.226.